The van der Waals surface area contributed by atoms with E-state index in [2.05, 4.69) is 10.3 Å². The van der Waals surface area contributed by atoms with Crippen molar-refractivity contribution >= 4 is 22.6 Å². The third-order valence-corrected chi connectivity index (χ3v) is 5.96. The Morgan fingerprint density at radius 1 is 1.14 bits per heavy atom. The second-order valence-electron chi connectivity index (χ2n) is 7.75. The van der Waals surface area contributed by atoms with Crippen LogP contribution in [0, 0.1) is 11.8 Å². The summed E-state index contributed by atoms with van der Waals surface area (Å²) in [4.78, 5) is 29.3. The molecule has 3 aromatic rings. The van der Waals surface area contributed by atoms with E-state index in [1.807, 2.05) is 22.8 Å². The third kappa shape index (κ3) is 3.90. The van der Waals surface area contributed by atoms with Gasteiger partial charge in [0.25, 0.3) is 0 Å². The molecule has 7 nitrogen and oxygen atoms in total. The monoisotopic (exact) mass is 394 g/mol. The number of anilines is 1. The molecule has 2 aromatic heterocycles. The second kappa shape index (κ2) is 8.11. The number of methoxy groups -OCH3 is 1. The van der Waals surface area contributed by atoms with Gasteiger partial charge in [0, 0.05) is 43.7 Å². The van der Waals surface area contributed by atoms with Gasteiger partial charge in [0.05, 0.1) is 18.1 Å². The molecule has 29 heavy (non-hydrogen) atoms. The largest absolute Gasteiger partial charge is 0.497 e. The van der Waals surface area contributed by atoms with E-state index in [-0.39, 0.29) is 17.5 Å². The van der Waals surface area contributed by atoms with Crippen molar-refractivity contribution in [3.05, 3.63) is 53.2 Å². The Balaban J connectivity index is 1.43. The second-order valence-corrected chi connectivity index (χ2v) is 7.75. The first kappa shape index (κ1) is 19.2. The number of rotatable bonds is 5. The quantitative estimate of drug-likeness (QED) is 0.721. The first-order valence-electron chi connectivity index (χ1n) is 10.0. The maximum Gasteiger partial charge on any atom is 0.328 e. The van der Waals surface area contributed by atoms with E-state index in [0.717, 1.165) is 48.2 Å². The molecule has 152 valence electrons. The van der Waals surface area contributed by atoms with Crippen LogP contribution >= 0.6 is 0 Å². The minimum absolute atomic E-state index is 0.00851. The molecule has 0 aliphatic heterocycles. The Morgan fingerprint density at radius 2 is 1.86 bits per heavy atom. The van der Waals surface area contributed by atoms with Crippen LogP contribution in [0.1, 0.15) is 25.7 Å². The number of hydrogen-bond donors (Lipinski definition) is 1. The molecule has 1 aromatic carbocycles. The molecular formula is C22H26N4O3. The highest BCUT2D eigenvalue weighted by molar-refractivity contribution is 5.92. The molecule has 7 heteroatoms. The van der Waals surface area contributed by atoms with E-state index >= 15 is 0 Å². The number of carbonyl (C=O) groups is 1. The predicted molar refractivity (Wildman–Crippen MR) is 112 cm³/mol. The number of amides is 1. The number of hydrogen-bond acceptors (Lipinski definition) is 4. The summed E-state index contributed by atoms with van der Waals surface area (Å²) in [6.07, 6.45) is 6.88. The minimum atomic E-state index is -0.00851. The van der Waals surface area contributed by atoms with Crippen molar-refractivity contribution in [1.29, 1.82) is 0 Å². The topological polar surface area (TPSA) is 78.2 Å². The van der Waals surface area contributed by atoms with E-state index in [1.54, 1.807) is 43.3 Å². The van der Waals surface area contributed by atoms with Crippen molar-refractivity contribution in [3.63, 3.8) is 0 Å². The van der Waals surface area contributed by atoms with Gasteiger partial charge in [-0.2, -0.15) is 0 Å². The predicted octanol–water partition coefficient (Wildman–Crippen LogP) is 3.19. The zero-order valence-electron chi connectivity index (χ0n) is 16.8. The van der Waals surface area contributed by atoms with Gasteiger partial charge >= 0.3 is 5.69 Å². The molecule has 0 atom stereocenters. The van der Waals surface area contributed by atoms with Crippen LogP contribution in [0.3, 0.4) is 0 Å². The molecular weight excluding hydrogens is 368 g/mol. The molecule has 0 radical (unpaired) electrons. The number of benzene rings is 1. The number of aryl methyl sites for hydroxylation is 1. The van der Waals surface area contributed by atoms with Gasteiger partial charge in [-0.25, -0.2) is 4.79 Å². The third-order valence-electron chi connectivity index (χ3n) is 5.96. The SMILES string of the molecule is COc1ccc2c(c1)n(C[C@H]1CC[C@H](C(=O)Nc3ccncc3)CC1)c(=O)n2C. The molecule has 1 N–H and O–H groups in total. The highest BCUT2D eigenvalue weighted by Crippen LogP contribution is 2.31. The van der Waals surface area contributed by atoms with Gasteiger partial charge in [-0.05, 0) is 55.9 Å². The highest BCUT2D eigenvalue weighted by atomic mass is 16.5. The molecule has 4 rings (SSSR count). The lowest BCUT2D eigenvalue weighted by atomic mass is 9.81. The maximum absolute atomic E-state index is 12.8. The molecule has 0 bridgehead atoms. The zero-order chi connectivity index (χ0) is 20.4. The van der Waals surface area contributed by atoms with Gasteiger partial charge < -0.3 is 10.1 Å². The molecule has 2 heterocycles. The number of carbonyl (C=O) groups excluding carboxylic acids is 1. The fourth-order valence-electron chi connectivity index (χ4n) is 4.24. The summed E-state index contributed by atoms with van der Waals surface area (Å²) in [5.74, 6) is 1.22. The Morgan fingerprint density at radius 3 is 2.55 bits per heavy atom. The average molecular weight is 394 g/mol. The molecule has 1 saturated carbocycles. The van der Waals surface area contributed by atoms with Gasteiger partial charge in [0.15, 0.2) is 0 Å². The summed E-state index contributed by atoms with van der Waals surface area (Å²) in [7, 11) is 3.43. The first-order chi connectivity index (χ1) is 14.1. The van der Waals surface area contributed by atoms with Crippen LogP contribution in [0.2, 0.25) is 0 Å². The maximum atomic E-state index is 12.8. The molecule has 1 aliphatic carbocycles. The summed E-state index contributed by atoms with van der Waals surface area (Å²) in [5.41, 5.74) is 2.57. The van der Waals surface area contributed by atoms with Crippen LogP contribution in [-0.2, 0) is 18.4 Å². The normalized spacial score (nSPS) is 19.2. The van der Waals surface area contributed by atoms with E-state index in [9.17, 15) is 9.59 Å². The van der Waals surface area contributed by atoms with Crippen molar-refractivity contribution in [2.75, 3.05) is 12.4 Å². The summed E-state index contributed by atoms with van der Waals surface area (Å²) in [5, 5.41) is 2.97. The number of nitrogens with one attached hydrogen (secondary N) is 1. The lowest BCUT2D eigenvalue weighted by Gasteiger charge is -2.28. The van der Waals surface area contributed by atoms with Gasteiger partial charge in [-0.3, -0.25) is 18.9 Å². The molecule has 0 unspecified atom stereocenters. The Labute approximate surface area is 169 Å². The standard InChI is InChI=1S/C22H26N4O3/c1-25-19-8-7-18(29-2)13-20(19)26(22(25)28)14-15-3-5-16(6-4-15)21(27)24-17-9-11-23-12-10-17/h7-13,15-16H,3-6,14H2,1-2H3,(H,23,24,27)/t15-,16-. The Kier molecular flexibility index (Phi) is 5.38. The molecule has 1 aliphatic rings. The van der Waals surface area contributed by atoms with Crippen LogP contribution in [-0.4, -0.2) is 27.1 Å². The van der Waals surface area contributed by atoms with Crippen molar-refractivity contribution in [2.45, 2.75) is 32.2 Å². The van der Waals surface area contributed by atoms with E-state index in [1.165, 1.54) is 0 Å². The van der Waals surface area contributed by atoms with Gasteiger partial charge in [0.2, 0.25) is 5.91 Å². The minimum Gasteiger partial charge on any atom is -0.497 e. The van der Waals surface area contributed by atoms with E-state index in [4.69, 9.17) is 4.74 Å². The van der Waals surface area contributed by atoms with Gasteiger partial charge in [-0.1, -0.05) is 0 Å². The van der Waals surface area contributed by atoms with Crippen LogP contribution in [0.25, 0.3) is 11.0 Å². The van der Waals surface area contributed by atoms with Crippen molar-refractivity contribution in [2.24, 2.45) is 18.9 Å². The smallest absolute Gasteiger partial charge is 0.328 e. The summed E-state index contributed by atoms with van der Waals surface area (Å²) in [6, 6.07) is 9.31. The van der Waals surface area contributed by atoms with E-state index < -0.39 is 0 Å². The fraction of sp³-hybridized carbons (Fsp3) is 0.409. The van der Waals surface area contributed by atoms with E-state index in [0.29, 0.717) is 12.5 Å². The summed E-state index contributed by atoms with van der Waals surface area (Å²) < 4.78 is 8.86. The van der Waals surface area contributed by atoms with Crippen molar-refractivity contribution in [1.82, 2.24) is 14.1 Å². The van der Waals surface area contributed by atoms with Crippen LogP contribution in [0.5, 0.6) is 5.75 Å². The number of imidazole rings is 1. The highest BCUT2D eigenvalue weighted by Gasteiger charge is 2.27. The number of ether oxygens (including phenoxy) is 1. The molecule has 1 amide bonds. The molecule has 0 spiro atoms. The van der Waals surface area contributed by atoms with Crippen molar-refractivity contribution in [3.8, 4) is 5.75 Å². The lowest BCUT2D eigenvalue weighted by molar-refractivity contribution is -0.121. The summed E-state index contributed by atoms with van der Waals surface area (Å²) in [6.45, 7) is 0.669. The van der Waals surface area contributed by atoms with Gasteiger partial charge in [-0.15, -0.1) is 0 Å². The Hall–Kier alpha value is -3.09. The molecule has 1 fully saturated rings. The number of fused-ring (bicyclic) bond motifs is 1. The van der Waals surface area contributed by atoms with Gasteiger partial charge in [0.1, 0.15) is 5.75 Å². The number of pyridine rings is 1. The zero-order valence-corrected chi connectivity index (χ0v) is 16.8. The Bertz CT molecular complexity index is 1060. The van der Waals surface area contributed by atoms with Crippen molar-refractivity contribution < 1.29 is 9.53 Å². The first-order valence-corrected chi connectivity index (χ1v) is 10.0. The average Bonchev–Trinajstić information content (AvgIpc) is 2.99. The number of aromatic nitrogens is 3. The van der Waals surface area contributed by atoms with Crippen LogP contribution < -0.4 is 15.7 Å². The fourth-order valence-corrected chi connectivity index (χ4v) is 4.24. The summed E-state index contributed by atoms with van der Waals surface area (Å²) >= 11 is 0. The van der Waals surface area contributed by atoms with Crippen LogP contribution in [0.15, 0.2) is 47.5 Å². The van der Waals surface area contributed by atoms with Crippen LogP contribution in [0.4, 0.5) is 5.69 Å². The molecule has 0 saturated heterocycles. The lowest BCUT2D eigenvalue weighted by Crippen LogP contribution is -2.30. The number of nitrogens with zero attached hydrogens (tertiary/aromatic N) is 3.